The minimum atomic E-state index is 0.314. The Labute approximate surface area is 91.6 Å². The molecule has 0 N–H and O–H groups in total. The molecule has 0 bridgehead atoms. The van der Waals surface area contributed by atoms with E-state index in [1.54, 1.807) is 12.4 Å². The molecule has 0 spiro atoms. The summed E-state index contributed by atoms with van der Waals surface area (Å²) in [6.45, 7) is 1.13. The lowest BCUT2D eigenvalue weighted by Crippen LogP contribution is -2.05. The maximum absolute atomic E-state index is 5.35. The van der Waals surface area contributed by atoms with Crippen molar-refractivity contribution >= 4 is 15.9 Å². The van der Waals surface area contributed by atoms with Crippen LogP contribution >= 0.6 is 15.9 Å². The molecule has 0 radical (unpaired) electrons. The Morgan fingerprint density at radius 3 is 3.00 bits per heavy atom. The van der Waals surface area contributed by atoms with Crippen molar-refractivity contribution in [3.63, 3.8) is 0 Å². The summed E-state index contributed by atoms with van der Waals surface area (Å²) in [5, 5.41) is 0. The summed E-state index contributed by atoms with van der Waals surface area (Å²) in [5.74, 6) is 1.51. The molecule has 2 rings (SSSR count). The highest BCUT2D eigenvalue weighted by molar-refractivity contribution is 9.10. The Balaban J connectivity index is 1.68. The van der Waals surface area contributed by atoms with E-state index < -0.39 is 0 Å². The predicted octanol–water partition coefficient (Wildman–Crippen LogP) is 2.61. The lowest BCUT2D eigenvalue weighted by atomic mass is 10.5. The van der Waals surface area contributed by atoms with E-state index in [0.717, 1.165) is 22.7 Å². The fraction of sp³-hybridized carbons (Fsp3) is 0.500. The second-order valence-electron chi connectivity index (χ2n) is 3.42. The van der Waals surface area contributed by atoms with E-state index in [-0.39, 0.29) is 0 Å². The zero-order valence-electron chi connectivity index (χ0n) is 7.78. The van der Waals surface area contributed by atoms with Crippen LogP contribution < -0.4 is 4.74 Å². The normalized spacial score (nSPS) is 15.5. The maximum Gasteiger partial charge on any atom is 0.189 e. The highest BCUT2D eigenvalue weighted by atomic mass is 79.9. The Morgan fingerprint density at radius 1 is 1.43 bits per heavy atom. The van der Waals surface area contributed by atoms with Gasteiger partial charge in [0.05, 0.1) is 12.8 Å². The summed E-state index contributed by atoms with van der Waals surface area (Å²) in [7, 11) is 0. The largest absolute Gasteiger partial charge is 0.466 e. The molecule has 1 aromatic rings. The van der Waals surface area contributed by atoms with Crippen LogP contribution in [0.25, 0.3) is 0 Å². The lowest BCUT2D eigenvalue weighted by molar-refractivity contribution is 0.00975. The molecule has 1 heterocycles. The highest BCUT2D eigenvalue weighted by Crippen LogP contribution is 2.28. The van der Waals surface area contributed by atoms with Gasteiger partial charge in [0.15, 0.2) is 6.79 Å². The van der Waals surface area contributed by atoms with Crippen molar-refractivity contribution in [3.8, 4) is 5.75 Å². The molecule has 4 heteroatoms. The van der Waals surface area contributed by atoms with Crippen LogP contribution in [0.1, 0.15) is 12.8 Å². The van der Waals surface area contributed by atoms with Gasteiger partial charge in [-0.2, -0.15) is 0 Å². The Bertz CT molecular complexity index is 302. The average Bonchev–Trinajstić information content (AvgIpc) is 2.96. The summed E-state index contributed by atoms with van der Waals surface area (Å²) < 4.78 is 11.6. The lowest BCUT2D eigenvalue weighted by Gasteiger charge is -2.06. The molecule has 0 saturated heterocycles. The number of hydrogen-bond donors (Lipinski definition) is 0. The molecule has 1 fully saturated rings. The van der Waals surface area contributed by atoms with Gasteiger partial charge in [-0.05, 0) is 40.8 Å². The van der Waals surface area contributed by atoms with Crippen LogP contribution in [0.3, 0.4) is 0 Å². The molecule has 1 saturated carbocycles. The first-order valence-corrected chi connectivity index (χ1v) is 5.45. The van der Waals surface area contributed by atoms with E-state index in [1.807, 2.05) is 6.07 Å². The molecule has 0 atom stereocenters. The van der Waals surface area contributed by atoms with Crippen molar-refractivity contribution in [2.75, 3.05) is 13.4 Å². The van der Waals surface area contributed by atoms with Gasteiger partial charge in [0.1, 0.15) is 5.75 Å². The molecular weight excluding hydrogens is 246 g/mol. The molecule has 1 aliphatic rings. The van der Waals surface area contributed by atoms with Gasteiger partial charge in [0, 0.05) is 10.7 Å². The molecule has 14 heavy (non-hydrogen) atoms. The predicted molar refractivity (Wildman–Crippen MR) is 56.1 cm³/mol. The van der Waals surface area contributed by atoms with Crippen LogP contribution in [-0.2, 0) is 4.74 Å². The molecule has 1 aromatic heterocycles. The van der Waals surface area contributed by atoms with Gasteiger partial charge in [-0.25, -0.2) is 0 Å². The van der Waals surface area contributed by atoms with Crippen molar-refractivity contribution in [3.05, 3.63) is 22.9 Å². The molecule has 76 valence electrons. The maximum atomic E-state index is 5.35. The smallest absolute Gasteiger partial charge is 0.189 e. The summed E-state index contributed by atoms with van der Waals surface area (Å²) in [6, 6.07) is 1.87. The summed E-state index contributed by atoms with van der Waals surface area (Å²) >= 11 is 3.32. The minimum Gasteiger partial charge on any atom is -0.466 e. The molecule has 0 aliphatic heterocycles. The number of pyridine rings is 1. The van der Waals surface area contributed by atoms with Crippen molar-refractivity contribution < 1.29 is 9.47 Å². The standard InChI is InChI=1S/C10H12BrNO2/c11-9-3-10(5-12-4-9)14-7-13-6-8-1-2-8/h3-5,8H,1-2,6-7H2. The van der Waals surface area contributed by atoms with Crippen molar-refractivity contribution in [2.45, 2.75) is 12.8 Å². The first-order valence-electron chi connectivity index (χ1n) is 4.65. The summed E-state index contributed by atoms with van der Waals surface area (Å²) in [4.78, 5) is 3.98. The molecule has 0 aromatic carbocycles. The number of aromatic nitrogens is 1. The summed E-state index contributed by atoms with van der Waals surface area (Å²) in [5.41, 5.74) is 0. The van der Waals surface area contributed by atoms with E-state index in [4.69, 9.17) is 9.47 Å². The molecule has 3 nitrogen and oxygen atoms in total. The van der Waals surface area contributed by atoms with E-state index in [1.165, 1.54) is 12.8 Å². The minimum absolute atomic E-state index is 0.314. The monoisotopic (exact) mass is 257 g/mol. The van der Waals surface area contributed by atoms with Crippen molar-refractivity contribution in [1.29, 1.82) is 0 Å². The Hall–Kier alpha value is -0.610. The van der Waals surface area contributed by atoms with Crippen LogP contribution in [0.15, 0.2) is 22.9 Å². The third-order valence-electron chi connectivity index (χ3n) is 2.04. The highest BCUT2D eigenvalue weighted by Gasteiger charge is 2.20. The number of hydrogen-bond acceptors (Lipinski definition) is 3. The zero-order valence-corrected chi connectivity index (χ0v) is 9.37. The van der Waals surface area contributed by atoms with Gasteiger partial charge in [-0.3, -0.25) is 4.98 Å². The number of rotatable bonds is 5. The Kier molecular flexibility index (Phi) is 3.37. The van der Waals surface area contributed by atoms with Gasteiger partial charge < -0.3 is 9.47 Å². The first-order chi connectivity index (χ1) is 6.84. The number of nitrogens with zero attached hydrogens (tertiary/aromatic N) is 1. The number of ether oxygens (including phenoxy) is 2. The van der Waals surface area contributed by atoms with Crippen LogP contribution in [-0.4, -0.2) is 18.4 Å². The zero-order chi connectivity index (χ0) is 9.80. The number of halogens is 1. The van der Waals surface area contributed by atoms with Gasteiger partial charge in [-0.1, -0.05) is 0 Å². The fourth-order valence-corrected chi connectivity index (χ4v) is 1.42. The quantitative estimate of drug-likeness (QED) is 0.601. The third kappa shape index (κ3) is 3.27. The van der Waals surface area contributed by atoms with E-state index >= 15 is 0 Å². The van der Waals surface area contributed by atoms with Crippen LogP contribution in [0, 0.1) is 5.92 Å². The second kappa shape index (κ2) is 4.75. The van der Waals surface area contributed by atoms with Crippen LogP contribution in [0.2, 0.25) is 0 Å². The summed E-state index contributed by atoms with van der Waals surface area (Å²) in [6.07, 6.45) is 6.00. The first kappa shape index (κ1) is 9.93. The fourth-order valence-electron chi connectivity index (χ4n) is 1.08. The van der Waals surface area contributed by atoms with Crippen molar-refractivity contribution in [1.82, 2.24) is 4.98 Å². The van der Waals surface area contributed by atoms with E-state index in [0.29, 0.717) is 6.79 Å². The average molecular weight is 258 g/mol. The van der Waals surface area contributed by atoms with E-state index in [9.17, 15) is 0 Å². The van der Waals surface area contributed by atoms with Gasteiger partial charge in [0.2, 0.25) is 0 Å². The second-order valence-corrected chi connectivity index (χ2v) is 4.33. The molecule has 0 amide bonds. The topological polar surface area (TPSA) is 31.4 Å². The van der Waals surface area contributed by atoms with Gasteiger partial charge in [0.25, 0.3) is 0 Å². The van der Waals surface area contributed by atoms with Crippen LogP contribution in [0.5, 0.6) is 5.75 Å². The van der Waals surface area contributed by atoms with Gasteiger partial charge >= 0.3 is 0 Å². The van der Waals surface area contributed by atoms with Crippen molar-refractivity contribution in [2.24, 2.45) is 5.92 Å². The molecule has 0 unspecified atom stereocenters. The van der Waals surface area contributed by atoms with E-state index in [2.05, 4.69) is 20.9 Å². The Morgan fingerprint density at radius 2 is 2.29 bits per heavy atom. The SMILES string of the molecule is Brc1cncc(OCOCC2CC2)c1. The van der Waals surface area contributed by atoms with Crippen LogP contribution in [0.4, 0.5) is 0 Å². The molecule has 1 aliphatic carbocycles. The van der Waals surface area contributed by atoms with Gasteiger partial charge in [-0.15, -0.1) is 0 Å². The third-order valence-corrected chi connectivity index (χ3v) is 2.47. The molecular formula is C10H12BrNO2.